The predicted molar refractivity (Wildman–Crippen MR) is 78.5 cm³/mol. The largest absolute Gasteiger partial charge is 0.467 e. The van der Waals surface area contributed by atoms with Gasteiger partial charge in [0.2, 0.25) is 0 Å². The van der Waals surface area contributed by atoms with E-state index in [2.05, 4.69) is 22.7 Å². The fraction of sp³-hybridized carbons (Fsp3) is 0.846. The third-order valence-electron chi connectivity index (χ3n) is 3.62. The van der Waals surface area contributed by atoms with Gasteiger partial charge in [0.15, 0.2) is 18.2 Å². The number of ether oxygens (including phenoxy) is 4. The molecule has 132 valence electrons. The maximum absolute atomic E-state index is 12.0. The van der Waals surface area contributed by atoms with Crippen LogP contribution in [0, 0.1) is 0 Å². The Morgan fingerprint density at radius 3 is 2.57 bits per heavy atom. The van der Waals surface area contributed by atoms with Crippen molar-refractivity contribution in [1.82, 2.24) is 5.32 Å². The second-order valence-corrected chi connectivity index (χ2v) is 6.14. The number of carbonyl (C=O) groups is 2. The zero-order valence-electron chi connectivity index (χ0n) is 13.0. The zero-order chi connectivity index (χ0) is 17.4. The SMILES string of the molecule is COC(=O)[C@H](CS)NC(=O)[C@@H](O)[C@H]1O[C@@H]2OC(C)(C)O[C@@H]2[C@H]1O. The fourth-order valence-corrected chi connectivity index (χ4v) is 2.75. The van der Waals surface area contributed by atoms with Gasteiger partial charge in [0.1, 0.15) is 24.4 Å². The number of hydrogen-bond acceptors (Lipinski definition) is 9. The fourth-order valence-electron chi connectivity index (χ4n) is 2.50. The molecule has 10 heteroatoms. The van der Waals surface area contributed by atoms with Gasteiger partial charge in [-0.2, -0.15) is 12.6 Å². The van der Waals surface area contributed by atoms with E-state index in [9.17, 15) is 19.8 Å². The van der Waals surface area contributed by atoms with Gasteiger partial charge in [-0.3, -0.25) is 4.79 Å². The van der Waals surface area contributed by atoms with Gasteiger partial charge >= 0.3 is 5.97 Å². The summed E-state index contributed by atoms with van der Waals surface area (Å²) in [5.41, 5.74) is 0. The molecule has 2 aliphatic rings. The van der Waals surface area contributed by atoms with Gasteiger partial charge < -0.3 is 34.5 Å². The molecule has 0 aromatic carbocycles. The average molecular weight is 351 g/mol. The molecule has 0 radical (unpaired) electrons. The number of methoxy groups -OCH3 is 1. The Labute approximate surface area is 138 Å². The highest BCUT2D eigenvalue weighted by atomic mass is 32.1. The summed E-state index contributed by atoms with van der Waals surface area (Å²) >= 11 is 3.93. The van der Waals surface area contributed by atoms with Gasteiger partial charge in [-0.1, -0.05) is 0 Å². The van der Waals surface area contributed by atoms with Crippen molar-refractivity contribution in [3.63, 3.8) is 0 Å². The molecule has 0 unspecified atom stereocenters. The number of aliphatic hydroxyl groups is 2. The van der Waals surface area contributed by atoms with Crippen LogP contribution in [0.2, 0.25) is 0 Å². The van der Waals surface area contributed by atoms with Crippen molar-refractivity contribution in [3.05, 3.63) is 0 Å². The molecular formula is C13H21NO8S. The Bertz CT molecular complexity index is 473. The van der Waals surface area contributed by atoms with Crippen molar-refractivity contribution in [1.29, 1.82) is 0 Å². The van der Waals surface area contributed by atoms with Gasteiger partial charge in [0.25, 0.3) is 5.91 Å². The van der Waals surface area contributed by atoms with Crippen LogP contribution in [0.15, 0.2) is 0 Å². The quantitative estimate of drug-likeness (QED) is 0.337. The summed E-state index contributed by atoms with van der Waals surface area (Å²) in [5.74, 6) is -2.52. The number of amides is 1. The zero-order valence-corrected chi connectivity index (χ0v) is 13.9. The third kappa shape index (κ3) is 3.78. The van der Waals surface area contributed by atoms with E-state index >= 15 is 0 Å². The minimum atomic E-state index is -1.71. The van der Waals surface area contributed by atoms with Gasteiger partial charge in [-0.15, -0.1) is 0 Å². The number of carbonyl (C=O) groups excluding carboxylic acids is 2. The highest BCUT2D eigenvalue weighted by molar-refractivity contribution is 7.80. The molecule has 0 aliphatic carbocycles. The molecule has 2 heterocycles. The summed E-state index contributed by atoms with van der Waals surface area (Å²) in [6, 6.07) is -1.02. The maximum atomic E-state index is 12.0. The molecule has 23 heavy (non-hydrogen) atoms. The Morgan fingerprint density at radius 1 is 1.39 bits per heavy atom. The maximum Gasteiger partial charge on any atom is 0.329 e. The van der Waals surface area contributed by atoms with Crippen molar-refractivity contribution in [2.24, 2.45) is 0 Å². The van der Waals surface area contributed by atoms with E-state index in [0.717, 1.165) is 0 Å². The molecule has 0 spiro atoms. The Hall–Kier alpha value is -0.910. The van der Waals surface area contributed by atoms with Crippen molar-refractivity contribution < 1.29 is 38.7 Å². The number of aliphatic hydroxyl groups excluding tert-OH is 2. The first-order valence-electron chi connectivity index (χ1n) is 7.06. The highest BCUT2D eigenvalue weighted by Crippen LogP contribution is 2.38. The van der Waals surface area contributed by atoms with Crippen LogP contribution in [-0.4, -0.2) is 77.5 Å². The minimum absolute atomic E-state index is 0.00906. The van der Waals surface area contributed by atoms with Crippen LogP contribution in [0.1, 0.15) is 13.8 Å². The molecule has 6 atom stereocenters. The number of hydrogen-bond donors (Lipinski definition) is 4. The van der Waals surface area contributed by atoms with Crippen molar-refractivity contribution >= 4 is 24.5 Å². The minimum Gasteiger partial charge on any atom is -0.467 e. The molecule has 0 aromatic rings. The predicted octanol–water partition coefficient (Wildman–Crippen LogP) is -1.83. The molecule has 0 bridgehead atoms. The molecule has 2 rings (SSSR count). The summed E-state index contributed by atoms with van der Waals surface area (Å²) in [6.07, 6.45) is -5.89. The molecular weight excluding hydrogens is 330 g/mol. The monoisotopic (exact) mass is 351 g/mol. The molecule has 1 amide bonds. The van der Waals surface area contributed by atoms with Gasteiger partial charge in [0, 0.05) is 5.75 Å². The number of esters is 1. The second-order valence-electron chi connectivity index (χ2n) is 5.77. The lowest BCUT2D eigenvalue weighted by molar-refractivity contribution is -0.225. The van der Waals surface area contributed by atoms with Crippen molar-refractivity contribution in [2.45, 2.75) is 56.4 Å². The van der Waals surface area contributed by atoms with Crippen molar-refractivity contribution in [2.75, 3.05) is 12.9 Å². The Balaban J connectivity index is 1.97. The molecule has 3 N–H and O–H groups in total. The lowest BCUT2D eigenvalue weighted by atomic mass is 10.0. The second kappa shape index (κ2) is 6.91. The van der Waals surface area contributed by atoms with Crippen LogP contribution in [0.3, 0.4) is 0 Å². The molecule has 0 aromatic heterocycles. The third-order valence-corrected chi connectivity index (χ3v) is 3.98. The molecule has 2 fully saturated rings. The molecule has 0 saturated carbocycles. The summed E-state index contributed by atoms with van der Waals surface area (Å²) in [5, 5.41) is 22.6. The molecule has 2 saturated heterocycles. The van der Waals surface area contributed by atoms with E-state index in [0.29, 0.717) is 0 Å². The Kier molecular flexibility index (Phi) is 5.54. The first-order valence-corrected chi connectivity index (χ1v) is 7.69. The summed E-state index contributed by atoms with van der Waals surface area (Å²) in [6.45, 7) is 3.32. The molecule has 2 aliphatic heterocycles. The molecule has 9 nitrogen and oxygen atoms in total. The lowest BCUT2D eigenvalue weighted by Crippen LogP contribution is -2.53. The van der Waals surface area contributed by atoms with Gasteiger partial charge in [-0.25, -0.2) is 4.79 Å². The van der Waals surface area contributed by atoms with Crippen LogP contribution in [0.25, 0.3) is 0 Å². The van der Waals surface area contributed by atoms with Crippen LogP contribution >= 0.6 is 12.6 Å². The summed E-state index contributed by atoms with van der Waals surface area (Å²) in [7, 11) is 1.17. The van der Waals surface area contributed by atoms with Crippen LogP contribution in [0.5, 0.6) is 0 Å². The van der Waals surface area contributed by atoms with Crippen LogP contribution in [-0.2, 0) is 28.5 Å². The topological polar surface area (TPSA) is 124 Å². The number of fused-ring (bicyclic) bond motifs is 1. The highest BCUT2D eigenvalue weighted by Gasteiger charge is 2.57. The van der Waals surface area contributed by atoms with E-state index in [1.165, 1.54) is 7.11 Å². The average Bonchev–Trinajstić information content (AvgIpc) is 2.96. The van der Waals surface area contributed by atoms with E-state index in [4.69, 9.17) is 14.2 Å². The van der Waals surface area contributed by atoms with E-state index in [1.807, 2.05) is 0 Å². The number of rotatable bonds is 5. The summed E-state index contributed by atoms with van der Waals surface area (Å²) in [4.78, 5) is 23.5. The van der Waals surface area contributed by atoms with Gasteiger partial charge in [0.05, 0.1) is 7.11 Å². The van der Waals surface area contributed by atoms with Crippen LogP contribution < -0.4 is 5.32 Å². The van der Waals surface area contributed by atoms with E-state index < -0.39 is 54.4 Å². The first-order chi connectivity index (χ1) is 10.7. The lowest BCUT2D eigenvalue weighted by Gasteiger charge is -2.26. The Morgan fingerprint density at radius 2 is 2.04 bits per heavy atom. The van der Waals surface area contributed by atoms with Gasteiger partial charge in [-0.05, 0) is 13.8 Å². The number of thiol groups is 1. The summed E-state index contributed by atoms with van der Waals surface area (Å²) < 4.78 is 20.8. The smallest absolute Gasteiger partial charge is 0.329 e. The van der Waals surface area contributed by atoms with E-state index in [-0.39, 0.29) is 5.75 Å². The standard InChI is InChI=1S/C13H21NO8S/c1-13(2)21-9-6(15)8(20-12(9)22-13)7(16)10(17)14-5(4-23)11(18)19-3/h5-9,12,15-16,23H,4H2,1-3H3,(H,14,17)/t5-,6-,7-,8-,9+,12+/m0/s1. The van der Waals surface area contributed by atoms with Crippen molar-refractivity contribution in [3.8, 4) is 0 Å². The van der Waals surface area contributed by atoms with Crippen LogP contribution in [0.4, 0.5) is 0 Å². The normalized spacial score (nSPS) is 34.5. The van der Waals surface area contributed by atoms with E-state index in [1.54, 1.807) is 13.8 Å². The first kappa shape index (κ1) is 18.4. The number of nitrogens with one attached hydrogen (secondary N) is 1.